The van der Waals surface area contributed by atoms with Crippen molar-refractivity contribution in [2.24, 2.45) is 0 Å². The molecule has 0 bridgehead atoms. The lowest BCUT2D eigenvalue weighted by Gasteiger charge is -2.05. The van der Waals surface area contributed by atoms with E-state index in [4.69, 9.17) is 16.2 Å². The van der Waals surface area contributed by atoms with E-state index in [1.54, 1.807) is 0 Å². The van der Waals surface area contributed by atoms with Crippen molar-refractivity contribution in [2.75, 3.05) is 7.11 Å². The number of benzene rings is 1. The molecule has 0 amide bonds. The molecule has 0 aromatic heterocycles. The van der Waals surface area contributed by atoms with Crippen LogP contribution in [0.1, 0.15) is 0 Å². The Morgan fingerprint density at radius 3 is 2.44 bits per heavy atom. The summed E-state index contributed by atoms with van der Waals surface area (Å²) in [5.74, 6) is -0.265. The minimum atomic E-state index is -4.55. The molecule has 0 atom stereocenters. The van der Waals surface area contributed by atoms with E-state index in [0.717, 1.165) is 13.2 Å². The van der Waals surface area contributed by atoms with E-state index in [1.807, 2.05) is 0 Å². The number of ether oxygens (including phenoxy) is 1. The van der Waals surface area contributed by atoms with E-state index < -0.39 is 25.6 Å². The van der Waals surface area contributed by atoms with Crippen LogP contribution in [0.25, 0.3) is 0 Å². The Kier molecular flexibility index (Phi) is 3.36. The Balaban J connectivity index is 3.59. The number of rotatable bonds is 3. The molecule has 0 saturated heterocycles. The van der Waals surface area contributed by atoms with Crippen LogP contribution in [0.15, 0.2) is 17.0 Å². The third-order valence-electron chi connectivity index (χ3n) is 1.70. The largest absolute Gasteiger partial charge is 0.489 e. The smallest absolute Gasteiger partial charge is 0.313 e. The van der Waals surface area contributed by atoms with Gasteiger partial charge in [0.05, 0.1) is 17.1 Å². The van der Waals surface area contributed by atoms with Gasteiger partial charge in [0.2, 0.25) is 5.75 Å². The number of halogens is 1. The normalized spacial score (nSPS) is 11.2. The molecule has 0 unspecified atom stereocenters. The van der Waals surface area contributed by atoms with Crippen LogP contribution in [0, 0.1) is 10.1 Å². The quantitative estimate of drug-likeness (QED) is 0.505. The van der Waals surface area contributed by atoms with Crippen LogP contribution in [0.5, 0.6) is 5.75 Å². The highest BCUT2D eigenvalue weighted by molar-refractivity contribution is 7.85. The van der Waals surface area contributed by atoms with Crippen molar-refractivity contribution in [3.8, 4) is 5.75 Å². The molecule has 7 nitrogen and oxygen atoms in total. The molecule has 0 saturated carbocycles. The standard InChI is InChI=1S/C7H6ClNO6S/c1-15-7-5(8)2-4(16(12,13)14)3-6(7)9(10)11/h2-3H,1H3,(H,12,13,14). The first-order valence-electron chi connectivity index (χ1n) is 3.76. The molecule has 0 aliphatic heterocycles. The van der Waals surface area contributed by atoms with E-state index in [1.165, 1.54) is 0 Å². The Morgan fingerprint density at radius 1 is 1.50 bits per heavy atom. The molecule has 0 fully saturated rings. The lowest BCUT2D eigenvalue weighted by Crippen LogP contribution is -2.01. The molecule has 9 heteroatoms. The van der Waals surface area contributed by atoms with Crippen LogP contribution in [0.4, 0.5) is 5.69 Å². The molecule has 0 aliphatic carbocycles. The van der Waals surface area contributed by atoms with E-state index in [0.29, 0.717) is 6.07 Å². The maximum absolute atomic E-state index is 10.8. The van der Waals surface area contributed by atoms with E-state index in [2.05, 4.69) is 4.74 Å². The number of nitro benzene ring substituents is 1. The fourth-order valence-corrected chi connectivity index (χ4v) is 1.92. The van der Waals surface area contributed by atoms with Crippen molar-refractivity contribution in [3.05, 3.63) is 27.3 Å². The minimum Gasteiger partial charge on any atom is -0.489 e. The Bertz CT molecular complexity index is 540. The van der Waals surface area contributed by atoms with Crippen LogP contribution in [0.3, 0.4) is 0 Å². The minimum absolute atomic E-state index is 0.265. The summed E-state index contributed by atoms with van der Waals surface area (Å²) in [6.45, 7) is 0. The van der Waals surface area contributed by atoms with Gasteiger partial charge in [-0.1, -0.05) is 11.6 Å². The summed E-state index contributed by atoms with van der Waals surface area (Å²) in [5.41, 5.74) is -0.636. The van der Waals surface area contributed by atoms with Gasteiger partial charge >= 0.3 is 5.69 Å². The number of hydrogen-bond acceptors (Lipinski definition) is 5. The van der Waals surface area contributed by atoms with Crippen LogP contribution < -0.4 is 4.74 Å². The van der Waals surface area contributed by atoms with Crippen molar-refractivity contribution < 1.29 is 22.6 Å². The zero-order chi connectivity index (χ0) is 12.5. The summed E-state index contributed by atoms with van der Waals surface area (Å²) in [6.07, 6.45) is 0. The molecule has 1 aromatic rings. The molecule has 1 N–H and O–H groups in total. The van der Waals surface area contributed by atoms with Gasteiger partial charge in [-0.05, 0) is 6.07 Å². The summed E-state index contributed by atoms with van der Waals surface area (Å²) in [5, 5.41) is 10.3. The maximum Gasteiger partial charge on any atom is 0.313 e. The monoisotopic (exact) mass is 267 g/mol. The van der Waals surface area contributed by atoms with Crippen LogP contribution in [-0.4, -0.2) is 25.0 Å². The van der Waals surface area contributed by atoms with Gasteiger partial charge in [0, 0.05) is 6.07 Å². The highest BCUT2D eigenvalue weighted by Crippen LogP contribution is 2.36. The first-order valence-corrected chi connectivity index (χ1v) is 5.58. The molecule has 0 spiro atoms. The summed E-state index contributed by atoms with van der Waals surface area (Å²) in [7, 11) is -3.40. The van der Waals surface area contributed by atoms with Crippen molar-refractivity contribution in [3.63, 3.8) is 0 Å². The van der Waals surface area contributed by atoms with Gasteiger partial charge in [-0.15, -0.1) is 0 Å². The highest BCUT2D eigenvalue weighted by Gasteiger charge is 2.23. The van der Waals surface area contributed by atoms with E-state index in [9.17, 15) is 18.5 Å². The van der Waals surface area contributed by atoms with Gasteiger partial charge in [-0.25, -0.2) is 0 Å². The second-order valence-corrected chi connectivity index (χ2v) is 4.52. The molecule has 88 valence electrons. The highest BCUT2D eigenvalue weighted by atomic mass is 35.5. The van der Waals surface area contributed by atoms with E-state index >= 15 is 0 Å². The molecule has 0 heterocycles. The maximum atomic E-state index is 10.8. The third-order valence-corrected chi connectivity index (χ3v) is 2.81. The summed E-state index contributed by atoms with van der Waals surface area (Å²) in [4.78, 5) is 9.08. The van der Waals surface area contributed by atoms with E-state index in [-0.39, 0.29) is 10.8 Å². The fraction of sp³-hybridized carbons (Fsp3) is 0.143. The number of nitro groups is 1. The fourth-order valence-electron chi connectivity index (χ4n) is 1.04. The second kappa shape index (κ2) is 4.24. The first kappa shape index (κ1) is 12.7. The lowest BCUT2D eigenvalue weighted by atomic mass is 10.3. The summed E-state index contributed by atoms with van der Waals surface area (Å²) in [6, 6.07) is 1.53. The average Bonchev–Trinajstić information content (AvgIpc) is 2.14. The van der Waals surface area contributed by atoms with Gasteiger partial charge in [-0.3, -0.25) is 14.7 Å². The third kappa shape index (κ3) is 2.40. The predicted octanol–water partition coefficient (Wildman–Crippen LogP) is 1.50. The van der Waals surface area contributed by atoms with Crippen LogP contribution >= 0.6 is 11.6 Å². The van der Waals surface area contributed by atoms with Gasteiger partial charge in [0.15, 0.2) is 0 Å². The number of methoxy groups -OCH3 is 1. The molecular weight excluding hydrogens is 262 g/mol. The van der Waals surface area contributed by atoms with Gasteiger partial charge in [0.25, 0.3) is 10.1 Å². The van der Waals surface area contributed by atoms with Crippen molar-refractivity contribution >= 4 is 27.4 Å². The lowest BCUT2D eigenvalue weighted by molar-refractivity contribution is -0.386. The van der Waals surface area contributed by atoms with Crippen molar-refractivity contribution in [1.82, 2.24) is 0 Å². The first-order chi connectivity index (χ1) is 7.27. The number of hydrogen-bond donors (Lipinski definition) is 1. The molecule has 1 rings (SSSR count). The second-order valence-electron chi connectivity index (χ2n) is 2.69. The SMILES string of the molecule is COc1c(Cl)cc(S(=O)(=O)O)cc1[N+](=O)[O-]. The Labute approximate surface area is 95.5 Å². The van der Waals surface area contributed by atoms with Crippen LogP contribution in [-0.2, 0) is 10.1 Å². The van der Waals surface area contributed by atoms with Gasteiger partial charge in [0.1, 0.15) is 4.90 Å². The molecule has 0 aliphatic rings. The van der Waals surface area contributed by atoms with Gasteiger partial charge < -0.3 is 4.74 Å². The summed E-state index contributed by atoms with van der Waals surface area (Å²) >= 11 is 5.58. The Hall–Kier alpha value is -1.38. The number of nitrogens with zero attached hydrogens (tertiary/aromatic N) is 1. The Morgan fingerprint density at radius 2 is 2.06 bits per heavy atom. The predicted molar refractivity (Wildman–Crippen MR) is 54.5 cm³/mol. The zero-order valence-corrected chi connectivity index (χ0v) is 9.45. The topological polar surface area (TPSA) is 107 Å². The van der Waals surface area contributed by atoms with Crippen LogP contribution in [0.2, 0.25) is 5.02 Å². The molecule has 1 aromatic carbocycles. The van der Waals surface area contributed by atoms with Crippen molar-refractivity contribution in [2.45, 2.75) is 4.90 Å². The zero-order valence-electron chi connectivity index (χ0n) is 7.88. The summed E-state index contributed by atoms with van der Waals surface area (Å²) < 4.78 is 35.0. The van der Waals surface area contributed by atoms with Crippen molar-refractivity contribution in [1.29, 1.82) is 0 Å². The molecule has 0 radical (unpaired) electrons. The molecular formula is C7H6ClNO6S. The van der Waals surface area contributed by atoms with Gasteiger partial charge in [-0.2, -0.15) is 8.42 Å². The average molecular weight is 268 g/mol. The molecule has 16 heavy (non-hydrogen) atoms.